The van der Waals surface area contributed by atoms with Crippen LogP contribution in [0.25, 0.3) is 16.8 Å². The fourth-order valence-electron chi connectivity index (χ4n) is 4.04. The van der Waals surface area contributed by atoms with E-state index in [0.29, 0.717) is 18.6 Å². The van der Waals surface area contributed by atoms with Crippen LogP contribution < -0.4 is 5.56 Å². The molecule has 2 aromatic heterocycles. The molecule has 4 rings (SSSR count). The predicted molar refractivity (Wildman–Crippen MR) is 113 cm³/mol. The molecular weight excluding hydrogens is 461 g/mol. The molecule has 0 bridgehead atoms. The minimum absolute atomic E-state index is 0.132. The number of aliphatic hydroxyl groups is 1. The van der Waals surface area contributed by atoms with Gasteiger partial charge in [0.25, 0.3) is 17.4 Å². The summed E-state index contributed by atoms with van der Waals surface area (Å²) in [6.07, 6.45) is -3.43. The predicted octanol–water partition coefficient (Wildman–Crippen LogP) is 4.00. The number of rotatable bonds is 3. The second kappa shape index (κ2) is 8.15. The molecule has 3 aromatic rings. The number of halogens is 5. The van der Waals surface area contributed by atoms with Crippen LogP contribution in [0.15, 0.2) is 53.5 Å². The zero-order valence-electron chi connectivity index (χ0n) is 17.9. The molecule has 0 aliphatic carbocycles. The molecule has 1 unspecified atom stereocenters. The zero-order valence-corrected chi connectivity index (χ0v) is 17.9. The molecule has 11 heteroatoms. The lowest BCUT2D eigenvalue weighted by atomic mass is 9.87. The maximum absolute atomic E-state index is 13.8. The van der Waals surface area contributed by atoms with Crippen molar-refractivity contribution in [3.63, 3.8) is 0 Å². The van der Waals surface area contributed by atoms with Gasteiger partial charge in [-0.1, -0.05) is 12.1 Å². The van der Waals surface area contributed by atoms with E-state index in [9.17, 15) is 36.6 Å². The van der Waals surface area contributed by atoms with Gasteiger partial charge in [0, 0.05) is 36.9 Å². The van der Waals surface area contributed by atoms with Gasteiger partial charge in [0.2, 0.25) is 0 Å². The van der Waals surface area contributed by atoms with Crippen LogP contribution in [0, 0.1) is 0 Å². The summed E-state index contributed by atoms with van der Waals surface area (Å²) in [5.74, 6) is -3.94. The van der Waals surface area contributed by atoms with Crippen LogP contribution in [0.1, 0.15) is 35.8 Å². The number of hydrogen-bond acceptors (Lipinski definition) is 4. The highest BCUT2D eigenvalue weighted by atomic mass is 19.4. The van der Waals surface area contributed by atoms with E-state index in [1.807, 2.05) is 0 Å². The van der Waals surface area contributed by atoms with Crippen molar-refractivity contribution in [3.8, 4) is 11.1 Å². The SMILES string of the molecule is CC(F)(F)C1(O)CCCN(C(=O)c2ccc(-c3cccn4c(=O)cc(C(F)(F)F)nc34)cc2)C1. The van der Waals surface area contributed by atoms with E-state index < -0.39 is 41.4 Å². The molecule has 3 heterocycles. The summed E-state index contributed by atoms with van der Waals surface area (Å²) in [6, 6.07) is 9.15. The number of β-amino-alcohol motifs (C(OH)–C–C–N with tert-alkyl or cyclic N) is 1. The summed E-state index contributed by atoms with van der Waals surface area (Å²) in [6.45, 7) is 0.298. The Kier molecular flexibility index (Phi) is 5.71. The summed E-state index contributed by atoms with van der Waals surface area (Å²) in [5.41, 5.74) is -3.93. The van der Waals surface area contributed by atoms with Crippen molar-refractivity contribution in [1.29, 1.82) is 0 Å². The molecule has 6 nitrogen and oxygen atoms in total. The lowest BCUT2D eigenvalue weighted by molar-refractivity contribution is -0.188. The molecule has 1 aliphatic rings. The van der Waals surface area contributed by atoms with Crippen LogP contribution in [0.3, 0.4) is 0 Å². The Morgan fingerprint density at radius 2 is 1.79 bits per heavy atom. The molecule has 1 N–H and O–H groups in total. The Labute approximate surface area is 190 Å². The van der Waals surface area contributed by atoms with Gasteiger partial charge in [-0.2, -0.15) is 13.2 Å². The molecule has 1 aliphatic heterocycles. The number of carbonyl (C=O) groups excluding carboxylic acids is 1. The topological polar surface area (TPSA) is 74.9 Å². The van der Waals surface area contributed by atoms with E-state index in [2.05, 4.69) is 4.98 Å². The van der Waals surface area contributed by atoms with Crippen molar-refractivity contribution in [3.05, 3.63) is 70.3 Å². The molecule has 1 atom stereocenters. The number of amides is 1. The van der Waals surface area contributed by atoms with Crippen molar-refractivity contribution in [2.24, 2.45) is 0 Å². The molecule has 0 saturated carbocycles. The van der Waals surface area contributed by atoms with Gasteiger partial charge in [-0.05, 0) is 42.7 Å². The highest BCUT2D eigenvalue weighted by molar-refractivity contribution is 5.95. The van der Waals surface area contributed by atoms with Crippen molar-refractivity contribution >= 4 is 11.6 Å². The first-order valence-electron chi connectivity index (χ1n) is 10.4. The number of hydrogen-bond donors (Lipinski definition) is 1. The summed E-state index contributed by atoms with van der Waals surface area (Å²) in [7, 11) is 0. The van der Waals surface area contributed by atoms with Gasteiger partial charge in [0.05, 0.1) is 6.54 Å². The van der Waals surface area contributed by atoms with Crippen molar-refractivity contribution in [2.45, 2.75) is 37.5 Å². The molecule has 180 valence electrons. The standard InChI is InChI=1S/C23H20F5N3O3/c1-21(24,25)22(34)9-3-10-30(13-22)20(33)15-7-5-14(6-8-15)16-4-2-11-31-18(32)12-17(23(26,27)28)29-19(16)31/h2,4-8,11-12,34H,3,9-10,13H2,1H3. The molecule has 1 amide bonds. The van der Waals surface area contributed by atoms with Crippen molar-refractivity contribution in [1.82, 2.24) is 14.3 Å². The smallest absolute Gasteiger partial charge is 0.382 e. The monoisotopic (exact) mass is 481 g/mol. The lowest BCUT2D eigenvalue weighted by Crippen LogP contribution is -2.58. The van der Waals surface area contributed by atoms with Gasteiger partial charge in [0.15, 0.2) is 5.69 Å². The number of nitrogens with zero attached hydrogens (tertiary/aromatic N) is 3. The molecule has 0 radical (unpaired) electrons. The number of alkyl halides is 5. The fraction of sp³-hybridized carbons (Fsp3) is 0.348. The van der Waals surface area contributed by atoms with Crippen LogP contribution in [-0.2, 0) is 6.18 Å². The zero-order chi connectivity index (χ0) is 24.9. The molecule has 1 aromatic carbocycles. The number of benzene rings is 1. The molecule has 34 heavy (non-hydrogen) atoms. The quantitative estimate of drug-likeness (QED) is 0.574. The van der Waals surface area contributed by atoms with E-state index >= 15 is 0 Å². The Hall–Kier alpha value is -3.34. The number of carbonyl (C=O) groups is 1. The molecule has 0 spiro atoms. The van der Waals surface area contributed by atoms with Gasteiger partial charge in [-0.15, -0.1) is 0 Å². The van der Waals surface area contributed by atoms with Gasteiger partial charge < -0.3 is 10.0 Å². The number of fused-ring (bicyclic) bond motifs is 1. The van der Waals surface area contributed by atoms with Crippen molar-refractivity contribution in [2.75, 3.05) is 13.1 Å². The Balaban J connectivity index is 1.66. The van der Waals surface area contributed by atoms with E-state index in [1.165, 1.54) is 42.6 Å². The van der Waals surface area contributed by atoms with Gasteiger partial charge in [-0.3, -0.25) is 14.0 Å². The first-order chi connectivity index (χ1) is 15.8. The number of piperidine rings is 1. The van der Waals surface area contributed by atoms with Gasteiger partial charge >= 0.3 is 6.18 Å². The maximum atomic E-state index is 13.8. The summed E-state index contributed by atoms with van der Waals surface area (Å²) >= 11 is 0. The minimum Gasteiger partial charge on any atom is -0.382 e. The first kappa shape index (κ1) is 23.8. The second-order valence-corrected chi connectivity index (χ2v) is 8.42. The third-order valence-corrected chi connectivity index (χ3v) is 6.00. The highest BCUT2D eigenvalue weighted by Crippen LogP contribution is 2.36. The Morgan fingerprint density at radius 1 is 1.12 bits per heavy atom. The summed E-state index contributed by atoms with van der Waals surface area (Å²) in [4.78, 5) is 29.8. The van der Waals surface area contributed by atoms with E-state index in [-0.39, 0.29) is 36.2 Å². The Morgan fingerprint density at radius 3 is 2.41 bits per heavy atom. The third-order valence-electron chi connectivity index (χ3n) is 6.00. The maximum Gasteiger partial charge on any atom is 0.433 e. The first-order valence-corrected chi connectivity index (χ1v) is 10.4. The van der Waals surface area contributed by atoms with E-state index in [1.54, 1.807) is 0 Å². The highest BCUT2D eigenvalue weighted by Gasteiger charge is 2.51. The van der Waals surface area contributed by atoms with E-state index in [0.717, 1.165) is 9.30 Å². The summed E-state index contributed by atoms with van der Waals surface area (Å²) < 4.78 is 68.2. The van der Waals surface area contributed by atoms with Crippen LogP contribution in [-0.4, -0.2) is 49.9 Å². The van der Waals surface area contributed by atoms with Crippen molar-refractivity contribution < 1.29 is 31.9 Å². The Bertz CT molecular complexity index is 1300. The van der Waals surface area contributed by atoms with Crippen LogP contribution in [0.2, 0.25) is 0 Å². The number of aromatic nitrogens is 2. The fourth-order valence-corrected chi connectivity index (χ4v) is 4.04. The average Bonchev–Trinajstić information content (AvgIpc) is 2.77. The second-order valence-electron chi connectivity index (χ2n) is 8.42. The van der Waals surface area contributed by atoms with Gasteiger partial charge in [0.1, 0.15) is 11.2 Å². The summed E-state index contributed by atoms with van der Waals surface area (Å²) in [5, 5.41) is 10.3. The number of pyridine rings is 1. The largest absolute Gasteiger partial charge is 0.433 e. The number of likely N-dealkylation sites (tertiary alicyclic amines) is 1. The molecule has 1 saturated heterocycles. The van der Waals surface area contributed by atoms with Crippen LogP contribution in [0.4, 0.5) is 22.0 Å². The molecule has 1 fully saturated rings. The molecular formula is C23H20F5N3O3. The third kappa shape index (κ3) is 4.27. The minimum atomic E-state index is -4.80. The van der Waals surface area contributed by atoms with Gasteiger partial charge in [-0.25, -0.2) is 13.8 Å². The van der Waals surface area contributed by atoms with Crippen LogP contribution >= 0.6 is 0 Å². The average molecular weight is 481 g/mol. The lowest BCUT2D eigenvalue weighted by Gasteiger charge is -2.42. The van der Waals surface area contributed by atoms with Crippen LogP contribution in [0.5, 0.6) is 0 Å². The van der Waals surface area contributed by atoms with E-state index in [4.69, 9.17) is 0 Å². The normalized spacial score (nSPS) is 19.4.